The Bertz CT molecular complexity index is 1030. The molecule has 1 heterocycles. The molecule has 1 aromatic heterocycles. The minimum absolute atomic E-state index is 0.495. The molecular weight excluding hydrogens is 323 g/mol. The second-order valence-electron chi connectivity index (χ2n) is 5.84. The Morgan fingerprint density at radius 1 is 0.680 bits per heavy atom. The van der Waals surface area contributed by atoms with Crippen molar-refractivity contribution in [2.45, 2.75) is 6.18 Å². The second kappa shape index (κ2) is 5.81. The van der Waals surface area contributed by atoms with Crippen molar-refractivity contribution in [2.24, 2.45) is 0 Å². The largest absolute Gasteiger partial charge is 0.416 e. The third kappa shape index (κ3) is 2.80. The summed E-state index contributed by atoms with van der Waals surface area (Å²) in [5.41, 5.74) is 2.54. The van der Waals surface area contributed by atoms with Crippen molar-refractivity contribution >= 4 is 10.9 Å². The first-order valence-corrected chi connectivity index (χ1v) is 7.87. The summed E-state index contributed by atoms with van der Waals surface area (Å²) in [7, 11) is 0. The van der Waals surface area contributed by atoms with E-state index in [0.29, 0.717) is 5.69 Å². The minimum Gasteiger partial charge on any atom is -0.309 e. The first-order chi connectivity index (χ1) is 12.0. The first-order valence-electron chi connectivity index (χ1n) is 7.87. The van der Waals surface area contributed by atoms with Gasteiger partial charge in [-0.25, -0.2) is 0 Å². The summed E-state index contributed by atoms with van der Waals surface area (Å²) in [5.74, 6) is 0. The molecule has 1 nitrogen and oxygen atoms in total. The molecule has 0 fully saturated rings. The van der Waals surface area contributed by atoms with Crippen LogP contribution in [-0.2, 0) is 6.18 Å². The molecule has 0 aliphatic heterocycles. The normalized spacial score (nSPS) is 11.8. The van der Waals surface area contributed by atoms with Gasteiger partial charge in [0.15, 0.2) is 0 Å². The number of para-hydroxylation sites is 1. The molecule has 0 unspecified atom stereocenters. The van der Waals surface area contributed by atoms with Crippen LogP contribution in [0.4, 0.5) is 13.2 Å². The Balaban J connectivity index is 2.01. The van der Waals surface area contributed by atoms with E-state index >= 15 is 0 Å². The predicted molar refractivity (Wildman–Crippen MR) is 93.7 cm³/mol. The summed E-state index contributed by atoms with van der Waals surface area (Å²) in [6, 6.07) is 24.8. The maximum atomic E-state index is 13.1. The van der Waals surface area contributed by atoms with Crippen molar-refractivity contribution in [3.63, 3.8) is 0 Å². The van der Waals surface area contributed by atoms with Crippen molar-refractivity contribution in [1.82, 2.24) is 4.57 Å². The van der Waals surface area contributed by atoms with Gasteiger partial charge in [0.2, 0.25) is 0 Å². The van der Waals surface area contributed by atoms with Crippen molar-refractivity contribution in [3.05, 3.63) is 90.5 Å². The minimum atomic E-state index is -4.37. The molecule has 0 aliphatic rings. The molecule has 3 aromatic carbocycles. The highest BCUT2D eigenvalue weighted by molar-refractivity contribution is 5.89. The molecular formula is C21H14F3N. The van der Waals surface area contributed by atoms with E-state index in [1.165, 1.54) is 12.1 Å². The number of benzene rings is 3. The molecule has 25 heavy (non-hydrogen) atoms. The molecule has 4 heteroatoms. The summed E-state index contributed by atoms with van der Waals surface area (Å²) in [4.78, 5) is 0. The van der Waals surface area contributed by atoms with Crippen LogP contribution < -0.4 is 0 Å². The molecule has 0 amide bonds. The van der Waals surface area contributed by atoms with Gasteiger partial charge in [-0.2, -0.15) is 13.2 Å². The Labute approximate surface area is 143 Å². The molecule has 0 radical (unpaired) electrons. The van der Waals surface area contributed by atoms with E-state index in [1.54, 1.807) is 6.07 Å². The van der Waals surface area contributed by atoms with Crippen LogP contribution in [0.2, 0.25) is 0 Å². The molecule has 0 bridgehead atoms. The van der Waals surface area contributed by atoms with Crippen LogP contribution in [0, 0.1) is 0 Å². The monoisotopic (exact) mass is 337 g/mol. The lowest BCUT2D eigenvalue weighted by atomic mass is 10.1. The van der Waals surface area contributed by atoms with Gasteiger partial charge >= 0.3 is 6.18 Å². The number of hydrogen-bond donors (Lipinski definition) is 0. The van der Waals surface area contributed by atoms with Crippen molar-refractivity contribution in [1.29, 1.82) is 0 Å². The standard InChI is InChI=1S/C21H14F3N/c22-21(23,24)17-10-6-11-18(14-17)25-19-12-5-4-9-16(19)13-20(25)15-7-2-1-3-8-15/h1-14H. The first kappa shape index (κ1) is 15.5. The van der Waals surface area contributed by atoms with Crippen LogP contribution in [0.3, 0.4) is 0 Å². The van der Waals surface area contributed by atoms with Crippen molar-refractivity contribution in [3.8, 4) is 16.9 Å². The Kier molecular flexibility index (Phi) is 3.61. The zero-order valence-corrected chi connectivity index (χ0v) is 13.2. The fourth-order valence-electron chi connectivity index (χ4n) is 3.08. The van der Waals surface area contributed by atoms with E-state index in [2.05, 4.69) is 0 Å². The number of rotatable bonds is 2. The smallest absolute Gasteiger partial charge is 0.309 e. The molecule has 0 saturated heterocycles. The van der Waals surface area contributed by atoms with Crippen LogP contribution in [0.1, 0.15) is 5.56 Å². The molecule has 0 atom stereocenters. The Hall–Kier alpha value is -3.01. The van der Waals surface area contributed by atoms with Gasteiger partial charge in [0, 0.05) is 11.1 Å². The number of halogens is 3. The van der Waals surface area contributed by atoms with Gasteiger partial charge in [0.25, 0.3) is 0 Å². The highest BCUT2D eigenvalue weighted by Crippen LogP contribution is 2.34. The average Bonchev–Trinajstić information content (AvgIpc) is 3.01. The van der Waals surface area contributed by atoms with E-state index < -0.39 is 11.7 Å². The molecule has 0 saturated carbocycles. The SMILES string of the molecule is FC(F)(F)c1cccc(-n2c(-c3ccccc3)cc3ccccc32)c1. The Morgan fingerprint density at radius 3 is 2.16 bits per heavy atom. The van der Waals surface area contributed by atoms with Gasteiger partial charge in [-0.1, -0.05) is 54.6 Å². The second-order valence-corrected chi connectivity index (χ2v) is 5.84. The molecule has 0 N–H and O–H groups in total. The van der Waals surface area contributed by atoms with Crippen LogP contribution in [0.25, 0.3) is 27.8 Å². The molecule has 124 valence electrons. The lowest BCUT2D eigenvalue weighted by molar-refractivity contribution is -0.137. The van der Waals surface area contributed by atoms with Gasteiger partial charge in [-0.3, -0.25) is 0 Å². The zero-order chi connectivity index (χ0) is 17.4. The van der Waals surface area contributed by atoms with Gasteiger partial charge < -0.3 is 4.57 Å². The molecule has 4 aromatic rings. The lowest BCUT2D eigenvalue weighted by Crippen LogP contribution is -2.06. The van der Waals surface area contributed by atoms with E-state index in [1.807, 2.05) is 65.2 Å². The third-order valence-corrected chi connectivity index (χ3v) is 4.21. The van der Waals surface area contributed by atoms with E-state index in [-0.39, 0.29) is 0 Å². The average molecular weight is 337 g/mol. The Morgan fingerprint density at radius 2 is 1.40 bits per heavy atom. The van der Waals surface area contributed by atoms with Crippen LogP contribution in [0.15, 0.2) is 84.9 Å². The zero-order valence-electron chi connectivity index (χ0n) is 13.2. The fourth-order valence-corrected chi connectivity index (χ4v) is 3.08. The summed E-state index contributed by atoms with van der Waals surface area (Å²) in [6.45, 7) is 0. The highest BCUT2D eigenvalue weighted by atomic mass is 19.4. The summed E-state index contributed by atoms with van der Waals surface area (Å²) < 4.78 is 41.3. The van der Waals surface area contributed by atoms with E-state index in [4.69, 9.17) is 0 Å². The van der Waals surface area contributed by atoms with Gasteiger partial charge in [0.05, 0.1) is 16.8 Å². The van der Waals surface area contributed by atoms with Crippen molar-refractivity contribution in [2.75, 3.05) is 0 Å². The summed E-state index contributed by atoms with van der Waals surface area (Å²) in [5, 5.41) is 0.985. The highest BCUT2D eigenvalue weighted by Gasteiger charge is 2.30. The molecule has 0 aliphatic carbocycles. The van der Waals surface area contributed by atoms with Crippen LogP contribution in [-0.4, -0.2) is 4.57 Å². The third-order valence-electron chi connectivity index (χ3n) is 4.21. The van der Waals surface area contributed by atoms with Crippen LogP contribution >= 0.6 is 0 Å². The van der Waals surface area contributed by atoms with Crippen LogP contribution in [0.5, 0.6) is 0 Å². The van der Waals surface area contributed by atoms with Gasteiger partial charge in [0.1, 0.15) is 0 Å². The number of hydrogen-bond acceptors (Lipinski definition) is 0. The molecule has 0 spiro atoms. The van der Waals surface area contributed by atoms with Gasteiger partial charge in [-0.05, 0) is 35.9 Å². The number of aromatic nitrogens is 1. The molecule has 4 rings (SSSR count). The summed E-state index contributed by atoms with van der Waals surface area (Å²) in [6.07, 6.45) is -4.37. The van der Waals surface area contributed by atoms with E-state index in [0.717, 1.165) is 28.2 Å². The maximum absolute atomic E-state index is 13.1. The number of nitrogens with zero attached hydrogens (tertiary/aromatic N) is 1. The maximum Gasteiger partial charge on any atom is 0.416 e. The number of fused-ring (bicyclic) bond motifs is 1. The fraction of sp³-hybridized carbons (Fsp3) is 0.0476. The predicted octanol–water partition coefficient (Wildman–Crippen LogP) is 6.32. The summed E-state index contributed by atoms with van der Waals surface area (Å²) >= 11 is 0. The topological polar surface area (TPSA) is 4.93 Å². The van der Waals surface area contributed by atoms with Crippen molar-refractivity contribution < 1.29 is 13.2 Å². The number of alkyl halides is 3. The lowest BCUT2D eigenvalue weighted by Gasteiger charge is -2.14. The van der Waals surface area contributed by atoms with E-state index in [9.17, 15) is 13.2 Å². The quantitative estimate of drug-likeness (QED) is 0.403. The van der Waals surface area contributed by atoms with Gasteiger partial charge in [-0.15, -0.1) is 0 Å².